The molecule has 4 nitrogen and oxygen atoms in total. The molecule has 2 saturated carbocycles. The summed E-state index contributed by atoms with van der Waals surface area (Å²) in [4.78, 5) is 0. The molecule has 0 aromatic carbocycles. The van der Waals surface area contributed by atoms with Gasteiger partial charge in [-0.15, -0.1) is 0 Å². The number of fused-ring (bicyclic) bond motifs is 1. The van der Waals surface area contributed by atoms with Crippen molar-refractivity contribution in [1.29, 1.82) is 0 Å². The topological polar surface area (TPSA) is 74.6 Å². The van der Waals surface area contributed by atoms with Gasteiger partial charge in [0.15, 0.2) is 9.84 Å². The number of sulfone groups is 1. The summed E-state index contributed by atoms with van der Waals surface area (Å²) in [6, 6.07) is 0. The maximum Gasteiger partial charge on any atom is 0.152 e. The number of allylic oxidation sites excluding steroid dienone is 5. The molecule has 2 N–H and O–H groups in total. The molecule has 5 heteroatoms. The SMILES string of the molecule is C=C1/C(=C\C=C2/CCC[C@]3(C)C([C@H](C)CCCS(=O)(=O)C(C)C)=CC[C@@H]23)C[C@@H](O)C[C@@H]1O. The maximum absolute atomic E-state index is 12.2. The van der Waals surface area contributed by atoms with Crippen molar-refractivity contribution in [2.75, 3.05) is 5.75 Å². The lowest BCUT2D eigenvalue weighted by Crippen LogP contribution is -2.32. The molecular formula is C27H42O4S. The van der Waals surface area contributed by atoms with E-state index in [0.717, 1.165) is 43.3 Å². The van der Waals surface area contributed by atoms with Crippen LogP contribution in [-0.2, 0) is 9.84 Å². The molecule has 0 heterocycles. The van der Waals surface area contributed by atoms with Crippen LogP contribution in [0.3, 0.4) is 0 Å². The van der Waals surface area contributed by atoms with Crippen LogP contribution in [0, 0.1) is 17.3 Å². The minimum Gasteiger partial charge on any atom is -0.393 e. The van der Waals surface area contributed by atoms with Crippen LogP contribution in [0.25, 0.3) is 0 Å². The molecule has 0 amide bonds. The van der Waals surface area contributed by atoms with Gasteiger partial charge in [-0.3, -0.25) is 0 Å². The number of hydrogen-bond donors (Lipinski definition) is 2. The van der Waals surface area contributed by atoms with E-state index >= 15 is 0 Å². The van der Waals surface area contributed by atoms with Gasteiger partial charge in [0.2, 0.25) is 0 Å². The second-order valence-electron chi connectivity index (χ2n) is 10.7. The Morgan fingerprint density at radius 3 is 2.66 bits per heavy atom. The maximum atomic E-state index is 12.2. The summed E-state index contributed by atoms with van der Waals surface area (Å²) in [5, 5.41) is 19.9. The third-order valence-electron chi connectivity index (χ3n) is 8.19. The van der Waals surface area contributed by atoms with Crippen LogP contribution in [0.1, 0.15) is 79.1 Å². The third-order valence-corrected chi connectivity index (χ3v) is 10.5. The van der Waals surface area contributed by atoms with Crippen molar-refractivity contribution in [3.05, 3.63) is 47.1 Å². The van der Waals surface area contributed by atoms with Crippen molar-refractivity contribution >= 4 is 9.84 Å². The Balaban J connectivity index is 1.69. The van der Waals surface area contributed by atoms with Gasteiger partial charge in [0, 0.05) is 6.42 Å². The lowest BCUT2D eigenvalue weighted by atomic mass is 9.62. The fourth-order valence-electron chi connectivity index (χ4n) is 6.06. The van der Waals surface area contributed by atoms with E-state index in [1.54, 1.807) is 13.8 Å². The van der Waals surface area contributed by atoms with Crippen LogP contribution in [0.5, 0.6) is 0 Å². The predicted octanol–water partition coefficient (Wildman–Crippen LogP) is 5.29. The van der Waals surface area contributed by atoms with E-state index in [4.69, 9.17) is 0 Å². The summed E-state index contributed by atoms with van der Waals surface area (Å²) in [7, 11) is -2.97. The van der Waals surface area contributed by atoms with Crippen molar-refractivity contribution in [1.82, 2.24) is 0 Å². The van der Waals surface area contributed by atoms with Gasteiger partial charge in [-0.05, 0) is 87.2 Å². The quantitative estimate of drug-likeness (QED) is 0.504. The molecule has 3 aliphatic rings. The first-order chi connectivity index (χ1) is 15.0. The van der Waals surface area contributed by atoms with Crippen molar-refractivity contribution in [3.8, 4) is 0 Å². The second-order valence-corrected chi connectivity index (χ2v) is 13.4. The first-order valence-electron chi connectivity index (χ1n) is 12.3. The van der Waals surface area contributed by atoms with Crippen LogP contribution in [0.15, 0.2) is 47.1 Å². The fourth-order valence-corrected chi connectivity index (χ4v) is 7.10. The average Bonchev–Trinajstić information content (AvgIpc) is 3.06. The fraction of sp³-hybridized carbons (Fsp3) is 0.704. The standard InChI is InChI=1S/C27H42O4S/c1-18(2)32(30,31)15-7-8-19(3)24-12-13-25-21(9-6-14-27(24,25)5)10-11-22-16-23(28)17-26(29)20(22)4/h10-12,18-19,23,25-26,28-29H,4,6-9,13-17H2,1-3,5H3/b21-10+,22-11-/t19-,23-,25+,26+,27-/m1/s1. The third kappa shape index (κ3) is 5.31. The van der Waals surface area contributed by atoms with Gasteiger partial charge in [-0.2, -0.15) is 0 Å². The van der Waals surface area contributed by atoms with E-state index in [9.17, 15) is 18.6 Å². The van der Waals surface area contributed by atoms with Crippen LogP contribution in [-0.4, -0.2) is 41.8 Å². The zero-order chi connectivity index (χ0) is 23.7. The van der Waals surface area contributed by atoms with Gasteiger partial charge < -0.3 is 10.2 Å². The van der Waals surface area contributed by atoms with Gasteiger partial charge in [-0.25, -0.2) is 8.42 Å². The van der Waals surface area contributed by atoms with Gasteiger partial charge in [-0.1, -0.05) is 49.8 Å². The molecule has 0 aromatic rings. The van der Waals surface area contributed by atoms with E-state index in [0.29, 0.717) is 24.7 Å². The highest BCUT2D eigenvalue weighted by molar-refractivity contribution is 7.91. The second kappa shape index (κ2) is 9.99. The number of aliphatic hydroxyl groups is 2. The molecule has 3 rings (SSSR count). The Hall–Kier alpha value is -1.17. The summed E-state index contributed by atoms with van der Waals surface area (Å²) < 4.78 is 24.3. The van der Waals surface area contributed by atoms with Crippen molar-refractivity contribution < 1.29 is 18.6 Å². The van der Waals surface area contributed by atoms with Crippen molar-refractivity contribution in [2.24, 2.45) is 17.3 Å². The summed E-state index contributed by atoms with van der Waals surface area (Å²) in [6.45, 7) is 12.2. The molecule has 180 valence electrons. The summed E-state index contributed by atoms with van der Waals surface area (Å²) in [6.07, 6.45) is 12.6. The summed E-state index contributed by atoms with van der Waals surface area (Å²) in [5.41, 5.74) is 4.80. The molecule has 0 aliphatic heterocycles. The predicted molar refractivity (Wildman–Crippen MR) is 132 cm³/mol. The highest BCUT2D eigenvalue weighted by Gasteiger charge is 2.45. The Labute approximate surface area is 195 Å². The number of aliphatic hydroxyl groups excluding tert-OH is 2. The van der Waals surface area contributed by atoms with E-state index in [1.165, 1.54) is 17.6 Å². The highest BCUT2D eigenvalue weighted by atomic mass is 32.2. The lowest BCUT2D eigenvalue weighted by Gasteiger charge is -2.42. The molecule has 0 spiro atoms. The van der Waals surface area contributed by atoms with E-state index in [1.807, 2.05) is 0 Å². The van der Waals surface area contributed by atoms with Crippen LogP contribution in [0.2, 0.25) is 0 Å². The minimum absolute atomic E-state index is 0.140. The van der Waals surface area contributed by atoms with Crippen molar-refractivity contribution in [2.45, 2.75) is 96.5 Å². The highest BCUT2D eigenvalue weighted by Crippen LogP contribution is 2.57. The van der Waals surface area contributed by atoms with E-state index in [2.05, 4.69) is 38.7 Å². The molecule has 2 fully saturated rings. The van der Waals surface area contributed by atoms with Gasteiger partial charge >= 0.3 is 0 Å². The molecule has 0 bridgehead atoms. The Bertz CT molecular complexity index is 908. The average molecular weight is 463 g/mol. The first-order valence-corrected chi connectivity index (χ1v) is 14.0. The lowest BCUT2D eigenvalue weighted by molar-refractivity contribution is 0.0862. The van der Waals surface area contributed by atoms with Crippen LogP contribution < -0.4 is 0 Å². The molecule has 3 aliphatic carbocycles. The normalized spacial score (nSPS) is 34.8. The molecule has 0 radical (unpaired) electrons. The summed E-state index contributed by atoms with van der Waals surface area (Å²) >= 11 is 0. The van der Waals surface area contributed by atoms with E-state index in [-0.39, 0.29) is 16.4 Å². The monoisotopic (exact) mass is 462 g/mol. The smallest absolute Gasteiger partial charge is 0.152 e. The number of rotatable bonds is 7. The Morgan fingerprint density at radius 1 is 1.25 bits per heavy atom. The largest absolute Gasteiger partial charge is 0.393 e. The van der Waals surface area contributed by atoms with Gasteiger partial charge in [0.1, 0.15) is 0 Å². The Morgan fingerprint density at radius 2 is 1.97 bits per heavy atom. The summed E-state index contributed by atoms with van der Waals surface area (Å²) in [5.74, 6) is 1.16. The Kier molecular flexibility index (Phi) is 7.94. The van der Waals surface area contributed by atoms with E-state index < -0.39 is 22.0 Å². The minimum atomic E-state index is -2.97. The molecule has 0 unspecified atom stereocenters. The number of hydrogen-bond acceptors (Lipinski definition) is 4. The van der Waals surface area contributed by atoms with Gasteiger partial charge in [0.25, 0.3) is 0 Å². The first kappa shape index (κ1) is 25.5. The zero-order valence-electron chi connectivity index (χ0n) is 20.3. The van der Waals surface area contributed by atoms with Gasteiger partial charge in [0.05, 0.1) is 23.2 Å². The zero-order valence-corrected chi connectivity index (χ0v) is 21.1. The van der Waals surface area contributed by atoms with Crippen molar-refractivity contribution in [3.63, 3.8) is 0 Å². The van der Waals surface area contributed by atoms with Crippen LogP contribution in [0.4, 0.5) is 0 Å². The molecule has 5 atom stereocenters. The molecular weight excluding hydrogens is 420 g/mol. The molecule has 32 heavy (non-hydrogen) atoms. The molecule has 0 saturated heterocycles. The molecule has 0 aromatic heterocycles. The van der Waals surface area contributed by atoms with Crippen LogP contribution >= 0.6 is 0 Å².